The van der Waals surface area contributed by atoms with E-state index in [1.54, 1.807) is 46.3 Å². The van der Waals surface area contributed by atoms with Crippen molar-refractivity contribution in [3.8, 4) is 11.5 Å². The Morgan fingerprint density at radius 3 is 2.33 bits per heavy atom. The van der Waals surface area contributed by atoms with Gasteiger partial charge in [-0.1, -0.05) is 31.7 Å². The van der Waals surface area contributed by atoms with E-state index in [2.05, 4.69) is 0 Å². The van der Waals surface area contributed by atoms with E-state index in [1.165, 1.54) is 0 Å². The molecular weight excluding hydrogens is 460 g/mol. The Kier molecular flexibility index (Phi) is 11.0. The van der Waals surface area contributed by atoms with Crippen molar-refractivity contribution in [2.24, 2.45) is 11.8 Å². The Morgan fingerprint density at radius 1 is 1.03 bits per heavy atom. The van der Waals surface area contributed by atoms with E-state index in [-0.39, 0.29) is 43.9 Å². The Morgan fingerprint density at radius 2 is 1.72 bits per heavy atom. The van der Waals surface area contributed by atoms with Gasteiger partial charge in [0.15, 0.2) is 11.5 Å². The van der Waals surface area contributed by atoms with Crippen LogP contribution in [0.1, 0.15) is 55.8 Å². The molecule has 0 N–H and O–H groups in total. The smallest absolute Gasteiger partial charge is 0.338 e. The summed E-state index contributed by atoms with van der Waals surface area (Å²) in [4.78, 5) is 24.3. The van der Waals surface area contributed by atoms with Crippen molar-refractivity contribution in [3.63, 3.8) is 0 Å². The Bertz CT molecular complexity index is 1040. The summed E-state index contributed by atoms with van der Waals surface area (Å²) in [7, 11) is 3.19. The first-order chi connectivity index (χ1) is 16.9. The van der Waals surface area contributed by atoms with Gasteiger partial charge < -0.3 is 23.7 Å². The lowest BCUT2D eigenvalue weighted by Gasteiger charge is -2.24. The maximum Gasteiger partial charge on any atom is 0.338 e. The fourth-order valence-corrected chi connectivity index (χ4v) is 4.23. The number of hydrogen-bond donors (Lipinski definition) is 0. The molecular formula is C29H38O7. The SMILES string of the molecule is C.C/C=C(/C)C(=O)OC[C@H]1[C@@H](Cc2ccc(C(=O)OCC)cc2)CO[C@@H]1c1ccc(OC)c(OC)c1. The van der Waals surface area contributed by atoms with Gasteiger partial charge in [-0.15, -0.1) is 0 Å². The molecule has 3 rings (SSSR count). The van der Waals surface area contributed by atoms with Gasteiger partial charge in [0.05, 0.1) is 45.7 Å². The highest BCUT2D eigenvalue weighted by molar-refractivity contribution is 5.89. The van der Waals surface area contributed by atoms with Crippen molar-refractivity contribution < 1.29 is 33.3 Å². The molecule has 1 saturated heterocycles. The summed E-state index contributed by atoms with van der Waals surface area (Å²) in [5, 5.41) is 0. The molecule has 1 fully saturated rings. The summed E-state index contributed by atoms with van der Waals surface area (Å²) in [6, 6.07) is 13.1. The second kappa shape index (κ2) is 13.7. The predicted octanol–water partition coefficient (Wildman–Crippen LogP) is 5.57. The molecule has 2 aromatic rings. The van der Waals surface area contributed by atoms with Gasteiger partial charge in [0, 0.05) is 11.5 Å². The fourth-order valence-electron chi connectivity index (χ4n) is 4.23. The van der Waals surface area contributed by atoms with E-state index in [9.17, 15) is 9.59 Å². The molecule has 3 atom stereocenters. The minimum Gasteiger partial charge on any atom is -0.493 e. The third-order valence-electron chi connectivity index (χ3n) is 6.35. The number of esters is 2. The van der Waals surface area contributed by atoms with Crippen molar-refractivity contribution in [2.75, 3.05) is 34.0 Å². The van der Waals surface area contributed by atoms with Gasteiger partial charge in [-0.05, 0) is 68.5 Å². The summed E-state index contributed by atoms with van der Waals surface area (Å²) in [5.74, 6) is 0.641. The normalized spacial score (nSPS) is 19.2. The molecule has 0 aromatic heterocycles. The van der Waals surface area contributed by atoms with E-state index in [0.717, 1.165) is 17.5 Å². The Labute approximate surface area is 214 Å². The molecule has 36 heavy (non-hydrogen) atoms. The molecule has 2 aromatic carbocycles. The van der Waals surface area contributed by atoms with Gasteiger partial charge in [0.1, 0.15) is 0 Å². The fraction of sp³-hybridized carbons (Fsp3) is 0.448. The molecule has 7 nitrogen and oxygen atoms in total. The van der Waals surface area contributed by atoms with Crippen molar-refractivity contribution in [2.45, 2.75) is 40.7 Å². The van der Waals surface area contributed by atoms with Gasteiger partial charge in [0.2, 0.25) is 0 Å². The van der Waals surface area contributed by atoms with Crippen LogP contribution >= 0.6 is 0 Å². The number of carbonyl (C=O) groups is 2. The van der Waals surface area contributed by atoms with Crippen LogP contribution in [0.4, 0.5) is 0 Å². The van der Waals surface area contributed by atoms with Crippen molar-refractivity contribution in [1.29, 1.82) is 0 Å². The van der Waals surface area contributed by atoms with E-state index in [1.807, 2.05) is 37.3 Å². The Hall–Kier alpha value is -3.32. The van der Waals surface area contributed by atoms with Crippen molar-refractivity contribution in [1.82, 2.24) is 0 Å². The van der Waals surface area contributed by atoms with Crippen molar-refractivity contribution >= 4 is 11.9 Å². The van der Waals surface area contributed by atoms with Gasteiger partial charge in [-0.2, -0.15) is 0 Å². The van der Waals surface area contributed by atoms with Crippen LogP contribution in [-0.2, 0) is 25.4 Å². The third-order valence-corrected chi connectivity index (χ3v) is 6.35. The molecule has 0 spiro atoms. The first-order valence-electron chi connectivity index (χ1n) is 11.8. The summed E-state index contributed by atoms with van der Waals surface area (Å²) in [6.45, 7) is 6.42. The summed E-state index contributed by atoms with van der Waals surface area (Å²) in [6.07, 6.45) is 2.19. The largest absolute Gasteiger partial charge is 0.493 e. The van der Waals surface area contributed by atoms with Crippen LogP contribution in [0.2, 0.25) is 0 Å². The highest BCUT2D eigenvalue weighted by Gasteiger charge is 2.39. The zero-order valence-corrected chi connectivity index (χ0v) is 21.0. The molecule has 0 saturated carbocycles. The van der Waals surface area contributed by atoms with Crippen LogP contribution in [0, 0.1) is 11.8 Å². The number of hydrogen-bond acceptors (Lipinski definition) is 7. The average Bonchev–Trinajstić information content (AvgIpc) is 3.28. The van der Waals surface area contributed by atoms with Crippen LogP contribution in [-0.4, -0.2) is 46.0 Å². The lowest BCUT2D eigenvalue weighted by Crippen LogP contribution is -2.24. The van der Waals surface area contributed by atoms with Crippen LogP contribution < -0.4 is 9.47 Å². The molecule has 0 aliphatic carbocycles. The minimum atomic E-state index is -0.332. The minimum absolute atomic E-state index is 0. The highest BCUT2D eigenvalue weighted by atomic mass is 16.5. The quantitative estimate of drug-likeness (QED) is 0.313. The number of methoxy groups -OCH3 is 2. The first-order valence-corrected chi connectivity index (χ1v) is 11.8. The van der Waals surface area contributed by atoms with E-state index in [4.69, 9.17) is 23.7 Å². The van der Waals surface area contributed by atoms with Crippen LogP contribution in [0.5, 0.6) is 11.5 Å². The van der Waals surface area contributed by atoms with Gasteiger partial charge in [0.25, 0.3) is 0 Å². The summed E-state index contributed by atoms with van der Waals surface area (Å²) < 4.78 is 27.8. The lowest BCUT2D eigenvalue weighted by molar-refractivity contribution is -0.141. The Balaban J connectivity index is 0.00000456. The van der Waals surface area contributed by atoms with Gasteiger partial charge >= 0.3 is 11.9 Å². The number of benzene rings is 2. The molecule has 1 aliphatic rings. The second-order valence-electron chi connectivity index (χ2n) is 8.48. The first kappa shape index (κ1) is 28.9. The van der Waals surface area contributed by atoms with E-state index < -0.39 is 0 Å². The van der Waals surface area contributed by atoms with Crippen LogP contribution in [0.3, 0.4) is 0 Å². The predicted molar refractivity (Wildman–Crippen MR) is 138 cm³/mol. The molecule has 196 valence electrons. The number of carbonyl (C=O) groups excluding carboxylic acids is 2. The van der Waals surface area contributed by atoms with Crippen LogP contribution in [0.25, 0.3) is 0 Å². The van der Waals surface area contributed by atoms with Gasteiger partial charge in [-0.25, -0.2) is 9.59 Å². The average molecular weight is 499 g/mol. The summed E-state index contributed by atoms with van der Waals surface area (Å²) >= 11 is 0. The van der Waals surface area contributed by atoms with Crippen LogP contribution in [0.15, 0.2) is 54.1 Å². The molecule has 7 heteroatoms. The maximum absolute atomic E-state index is 12.4. The standard InChI is InChI=1S/C28H34O7.CH4/c1-6-18(3)27(29)35-17-23-22(14-19-8-10-20(11-9-19)28(30)33-7-2)16-34-26(23)21-12-13-24(31-4)25(15-21)32-5;/h6,8-13,15,22-23,26H,7,14,16-17H2,1-5H3;1H4/b18-6-;/t22-,23-,26+;/m0./s1. The number of allylic oxidation sites excluding steroid dienone is 1. The molecule has 0 unspecified atom stereocenters. The zero-order chi connectivity index (χ0) is 25.4. The molecule has 0 amide bonds. The van der Waals surface area contributed by atoms with Gasteiger partial charge in [-0.3, -0.25) is 0 Å². The molecule has 1 aliphatic heterocycles. The number of rotatable bonds is 10. The second-order valence-corrected chi connectivity index (χ2v) is 8.48. The molecule has 0 radical (unpaired) electrons. The topological polar surface area (TPSA) is 80.3 Å². The summed E-state index contributed by atoms with van der Waals surface area (Å²) in [5.41, 5.74) is 3.10. The number of ether oxygens (including phenoxy) is 5. The monoisotopic (exact) mass is 498 g/mol. The molecule has 0 bridgehead atoms. The maximum atomic E-state index is 12.4. The zero-order valence-electron chi connectivity index (χ0n) is 21.0. The molecule has 1 heterocycles. The lowest BCUT2D eigenvalue weighted by atomic mass is 9.84. The van der Waals surface area contributed by atoms with E-state index >= 15 is 0 Å². The van der Waals surface area contributed by atoms with Crippen molar-refractivity contribution in [3.05, 3.63) is 70.8 Å². The third kappa shape index (κ3) is 6.88. The van der Waals surface area contributed by atoms with E-state index in [0.29, 0.717) is 35.8 Å². The highest BCUT2D eigenvalue weighted by Crippen LogP contribution is 2.42.